The predicted molar refractivity (Wildman–Crippen MR) is 118 cm³/mol. The SMILES string of the molecule is CCCCCCN(CCCCCC)C(=O)c1c(Cl)c(Cl)c(Cl)c(Cl)c1C(=O)O. The Morgan fingerprint density at radius 2 is 1.14 bits per heavy atom. The Balaban J connectivity index is 3.23. The maximum atomic E-state index is 13.3. The van der Waals surface area contributed by atoms with Gasteiger partial charge in [-0.25, -0.2) is 4.79 Å². The number of rotatable bonds is 12. The van der Waals surface area contributed by atoms with Gasteiger partial charge >= 0.3 is 5.97 Å². The number of amides is 1. The van der Waals surface area contributed by atoms with E-state index in [-0.39, 0.29) is 25.7 Å². The van der Waals surface area contributed by atoms with Gasteiger partial charge in [0.25, 0.3) is 5.91 Å². The monoisotopic (exact) mass is 469 g/mol. The second-order valence-electron chi connectivity index (χ2n) is 6.72. The van der Waals surface area contributed by atoms with Crippen molar-refractivity contribution in [3.8, 4) is 0 Å². The standard InChI is InChI=1S/C20H27Cl4NO3/c1-3-5-7-9-11-25(12-10-8-6-4-2)19(26)13-14(20(27)28)16(22)18(24)17(23)15(13)21/h3-12H2,1-2H3,(H,27,28). The first-order valence-corrected chi connectivity index (χ1v) is 11.2. The summed E-state index contributed by atoms with van der Waals surface area (Å²) in [7, 11) is 0. The molecular formula is C20H27Cl4NO3. The van der Waals surface area contributed by atoms with Crippen LogP contribution in [0, 0.1) is 0 Å². The van der Waals surface area contributed by atoms with E-state index in [0.717, 1.165) is 51.4 Å². The second-order valence-corrected chi connectivity index (χ2v) is 8.24. The van der Waals surface area contributed by atoms with E-state index in [4.69, 9.17) is 46.4 Å². The van der Waals surface area contributed by atoms with Gasteiger partial charge in [0.15, 0.2) is 0 Å². The van der Waals surface area contributed by atoms with Crippen LogP contribution in [0.2, 0.25) is 20.1 Å². The van der Waals surface area contributed by atoms with Crippen LogP contribution in [-0.4, -0.2) is 35.0 Å². The van der Waals surface area contributed by atoms with Gasteiger partial charge in [-0.1, -0.05) is 98.8 Å². The lowest BCUT2D eigenvalue weighted by atomic mass is 10.0. The van der Waals surface area contributed by atoms with Crippen LogP contribution in [0.15, 0.2) is 0 Å². The molecule has 0 aliphatic rings. The van der Waals surface area contributed by atoms with Crippen LogP contribution >= 0.6 is 46.4 Å². The number of carboxylic acids is 1. The number of aromatic carboxylic acids is 1. The number of hydrogen-bond acceptors (Lipinski definition) is 2. The lowest BCUT2D eigenvalue weighted by molar-refractivity contribution is 0.0673. The number of halogens is 4. The first-order chi connectivity index (χ1) is 13.3. The highest BCUT2D eigenvalue weighted by molar-refractivity contribution is 6.54. The molecule has 0 aliphatic carbocycles. The van der Waals surface area contributed by atoms with E-state index in [1.54, 1.807) is 4.90 Å². The van der Waals surface area contributed by atoms with Crippen molar-refractivity contribution in [2.24, 2.45) is 0 Å². The van der Waals surface area contributed by atoms with Crippen molar-refractivity contribution in [2.45, 2.75) is 65.2 Å². The third-order valence-electron chi connectivity index (χ3n) is 4.55. The third kappa shape index (κ3) is 6.69. The summed E-state index contributed by atoms with van der Waals surface area (Å²) in [5.74, 6) is -1.85. The van der Waals surface area contributed by atoms with Crippen LogP contribution < -0.4 is 0 Å². The molecule has 0 bridgehead atoms. The molecule has 1 rings (SSSR count). The predicted octanol–water partition coefficient (Wildman–Crippen LogP) is 7.60. The highest BCUT2D eigenvalue weighted by Gasteiger charge is 2.31. The molecule has 0 spiro atoms. The highest BCUT2D eigenvalue weighted by atomic mass is 35.5. The lowest BCUT2D eigenvalue weighted by Gasteiger charge is -2.25. The van der Waals surface area contributed by atoms with Gasteiger partial charge in [-0.2, -0.15) is 0 Å². The van der Waals surface area contributed by atoms with Crippen molar-refractivity contribution >= 4 is 58.3 Å². The molecule has 0 saturated heterocycles. The summed E-state index contributed by atoms with van der Waals surface area (Å²) < 4.78 is 0. The first-order valence-electron chi connectivity index (χ1n) is 9.66. The molecular weight excluding hydrogens is 444 g/mol. The van der Waals surface area contributed by atoms with E-state index in [2.05, 4.69) is 13.8 Å². The minimum Gasteiger partial charge on any atom is -0.478 e. The van der Waals surface area contributed by atoms with Crippen molar-refractivity contribution in [1.82, 2.24) is 4.90 Å². The Hall–Kier alpha value is -0.680. The molecule has 0 radical (unpaired) electrons. The smallest absolute Gasteiger partial charge is 0.338 e. The Kier molecular flexibility index (Phi) is 11.6. The zero-order chi connectivity index (χ0) is 21.3. The average Bonchev–Trinajstić information content (AvgIpc) is 2.66. The Bertz CT molecular complexity index is 683. The van der Waals surface area contributed by atoms with Crippen LogP contribution in [0.5, 0.6) is 0 Å². The molecule has 28 heavy (non-hydrogen) atoms. The van der Waals surface area contributed by atoms with Gasteiger partial charge in [0.1, 0.15) is 0 Å². The molecule has 1 amide bonds. The largest absolute Gasteiger partial charge is 0.478 e. The fourth-order valence-corrected chi connectivity index (χ4v) is 3.98. The molecule has 158 valence electrons. The van der Waals surface area contributed by atoms with E-state index < -0.39 is 17.4 Å². The number of benzene rings is 1. The second kappa shape index (κ2) is 12.8. The van der Waals surface area contributed by atoms with Crippen LogP contribution in [0.3, 0.4) is 0 Å². The fourth-order valence-electron chi connectivity index (χ4n) is 2.97. The molecule has 1 N–H and O–H groups in total. The molecule has 0 aromatic heterocycles. The van der Waals surface area contributed by atoms with Gasteiger partial charge in [0.05, 0.1) is 31.2 Å². The van der Waals surface area contributed by atoms with Crippen molar-refractivity contribution in [3.05, 3.63) is 31.2 Å². The van der Waals surface area contributed by atoms with Gasteiger partial charge < -0.3 is 10.0 Å². The highest BCUT2D eigenvalue weighted by Crippen LogP contribution is 2.42. The maximum absolute atomic E-state index is 13.3. The van der Waals surface area contributed by atoms with Crippen molar-refractivity contribution < 1.29 is 14.7 Å². The summed E-state index contributed by atoms with van der Waals surface area (Å²) in [5, 5.41) is 8.86. The van der Waals surface area contributed by atoms with Gasteiger partial charge in [-0.05, 0) is 12.8 Å². The molecule has 0 atom stereocenters. The summed E-state index contributed by atoms with van der Waals surface area (Å²) in [6.45, 7) is 5.28. The maximum Gasteiger partial charge on any atom is 0.338 e. The van der Waals surface area contributed by atoms with Gasteiger partial charge in [0.2, 0.25) is 0 Å². The molecule has 0 heterocycles. The van der Waals surface area contributed by atoms with E-state index in [1.165, 1.54) is 0 Å². The first kappa shape index (κ1) is 25.4. The molecule has 0 saturated carbocycles. The lowest BCUT2D eigenvalue weighted by Crippen LogP contribution is -2.34. The zero-order valence-electron chi connectivity index (χ0n) is 16.3. The number of unbranched alkanes of at least 4 members (excludes halogenated alkanes) is 6. The van der Waals surface area contributed by atoms with E-state index in [9.17, 15) is 14.7 Å². The van der Waals surface area contributed by atoms with Crippen LogP contribution in [0.1, 0.15) is 85.9 Å². The van der Waals surface area contributed by atoms with Crippen LogP contribution in [0.4, 0.5) is 0 Å². The quantitative estimate of drug-likeness (QED) is 0.194. The number of carbonyl (C=O) groups is 2. The summed E-state index contributed by atoms with van der Waals surface area (Å²) >= 11 is 24.4. The Morgan fingerprint density at radius 3 is 1.54 bits per heavy atom. The summed E-state index contributed by atoms with van der Waals surface area (Å²) in [5.41, 5.74) is -0.599. The fraction of sp³-hybridized carbons (Fsp3) is 0.600. The normalized spacial score (nSPS) is 10.9. The van der Waals surface area contributed by atoms with Crippen LogP contribution in [0.25, 0.3) is 0 Å². The van der Waals surface area contributed by atoms with Gasteiger partial charge in [0, 0.05) is 13.1 Å². The molecule has 1 aromatic carbocycles. The van der Waals surface area contributed by atoms with Crippen molar-refractivity contribution in [3.63, 3.8) is 0 Å². The number of hydrogen-bond donors (Lipinski definition) is 1. The average molecular weight is 471 g/mol. The summed E-state index contributed by atoms with van der Waals surface area (Å²) in [6, 6.07) is 0. The van der Waals surface area contributed by atoms with E-state index >= 15 is 0 Å². The molecule has 1 aromatic rings. The summed E-state index contributed by atoms with van der Waals surface area (Å²) in [6.07, 6.45) is 8.00. The minimum absolute atomic E-state index is 0.112. The van der Waals surface area contributed by atoms with Crippen molar-refractivity contribution in [1.29, 1.82) is 0 Å². The third-order valence-corrected chi connectivity index (χ3v) is 6.35. The Labute approximate surface area is 187 Å². The summed E-state index contributed by atoms with van der Waals surface area (Å²) in [4.78, 5) is 26.7. The van der Waals surface area contributed by atoms with Gasteiger partial charge in [-0.3, -0.25) is 4.79 Å². The number of nitrogens with zero attached hydrogens (tertiary/aromatic N) is 1. The molecule has 8 heteroatoms. The van der Waals surface area contributed by atoms with E-state index in [1.807, 2.05) is 0 Å². The minimum atomic E-state index is -1.37. The Morgan fingerprint density at radius 1 is 0.714 bits per heavy atom. The molecule has 0 aliphatic heterocycles. The van der Waals surface area contributed by atoms with Crippen molar-refractivity contribution in [2.75, 3.05) is 13.1 Å². The van der Waals surface area contributed by atoms with Gasteiger partial charge in [-0.15, -0.1) is 0 Å². The topological polar surface area (TPSA) is 57.6 Å². The van der Waals surface area contributed by atoms with E-state index in [0.29, 0.717) is 13.1 Å². The molecule has 4 nitrogen and oxygen atoms in total. The molecule has 0 unspecified atom stereocenters. The number of carboxylic acid groups (broad SMARTS) is 1. The number of carbonyl (C=O) groups excluding carboxylic acids is 1. The molecule has 0 fully saturated rings. The zero-order valence-corrected chi connectivity index (χ0v) is 19.3. The van der Waals surface area contributed by atoms with Crippen LogP contribution in [-0.2, 0) is 0 Å².